The van der Waals surface area contributed by atoms with Gasteiger partial charge in [0.25, 0.3) is 0 Å². The second kappa shape index (κ2) is 9.27. The summed E-state index contributed by atoms with van der Waals surface area (Å²) in [5.74, 6) is 0.357. The molecule has 0 radical (unpaired) electrons. The van der Waals surface area contributed by atoms with Gasteiger partial charge in [0.15, 0.2) is 15.5 Å². The maximum Gasteiger partial charge on any atom is 0.432 e. The summed E-state index contributed by atoms with van der Waals surface area (Å²) in [5, 5.41) is 5.73. The average molecular weight is 469 g/mol. The third-order valence-electron chi connectivity index (χ3n) is 4.50. The van der Waals surface area contributed by atoms with E-state index in [4.69, 9.17) is 32.8 Å². The van der Waals surface area contributed by atoms with E-state index in [1.165, 1.54) is 24.8 Å². The first-order valence-corrected chi connectivity index (χ1v) is 10.6. The number of hydrogen-bond acceptors (Lipinski definition) is 9. The molecule has 1 N–H and O–H groups in total. The molecule has 9 nitrogen and oxygen atoms in total. The lowest BCUT2D eigenvalue weighted by Crippen LogP contribution is -2.46. The van der Waals surface area contributed by atoms with E-state index in [0.717, 1.165) is 25.2 Å². The molecule has 158 valence electrons. The van der Waals surface area contributed by atoms with Crippen molar-refractivity contribution in [3.8, 4) is 5.88 Å². The second-order valence-corrected chi connectivity index (χ2v) is 8.31. The molecule has 2 aromatic heterocycles. The van der Waals surface area contributed by atoms with Gasteiger partial charge in [0.1, 0.15) is 6.33 Å². The van der Waals surface area contributed by atoms with Crippen LogP contribution in [0.15, 0.2) is 24.5 Å². The number of hydrogen-bond donors (Lipinski definition) is 1. The molecule has 0 unspecified atom stereocenters. The van der Waals surface area contributed by atoms with Crippen molar-refractivity contribution in [2.24, 2.45) is 0 Å². The number of halogens is 2. The van der Waals surface area contributed by atoms with Crippen LogP contribution in [0.25, 0.3) is 10.3 Å². The van der Waals surface area contributed by atoms with E-state index in [-0.39, 0.29) is 0 Å². The number of nitrogens with one attached hydrogen (secondary N) is 1. The van der Waals surface area contributed by atoms with Crippen molar-refractivity contribution < 1.29 is 14.4 Å². The lowest BCUT2D eigenvalue weighted by molar-refractivity contribution is -0.119. The maximum absolute atomic E-state index is 12.2. The van der Waals surface area contributed by atoms with E-state index in [2.05, 4.69) is 25.2 Å². The van der Waals surface area contributed by atoms with Gasteiger partial charge in [-0.05, 0) is 17.7 Å². The van der Waals surface area contributed by atoms with Gasteiger partial charge in [0, 0.05) is 32.7 Å². The Morgan fingerprint density at radius 3 is 2.73 bits per heavy atom. The van der Waals surface area contributed by atoms with Gasteiger partial charge in [-0.25, -0.2) is 14.8 Å². The molecule has 30 heavy (non-hydrogen) atoms. The van der Waals surface area contributed by atoms with Crippen LogP contribution in [0.5, 0.6) is 5.88 Å². The first kappa shape index (κ1) is 21.0. The number of nitrogens with zero attached hydrogens (tertiary/aromatic N) is 5. The minimum atomic E-state index is -0.598. The highest BCUT2D eigenvalue weighted by molar-refractivity contribution is 7.22. The molecule has 1 saturated heterocycles. The van der Waals surface area contributed by atoms with Gasteiger partial charge in [-0.1, -0.05) is 40.6 Å². The minimum Gasteiger partial charge on any atom is -0.479 e. The number of fused-ring (bicyclic) bond motifs is 1. The molecule has 1 aromatic carbocycles. The summed E-state index contributed by atoms with van der Waals surface area (Å²) < 4.78 is 5.15. The van der Waals surface area contributed by atoms with Crippen LogP contribution in [0.2, 0.25) is 10.0 Å². The normalized spacial score (nSPS) is 15.3. The molecule has 12 heteroatoms. The Bertz CT molecular complexity index is 1060. The highest BCUT2D eigenvalue weighted by Crippen LogP contribution is 2.29. The quantitative estimate of drug-likeness (QED) is 0.605. The van der Waals surface area contributed by atoms with Crippen molar-refractivity contribution in [3.05, 3.63) is 40.1 Å². The molecule has 0 atom stereocenters. The van der Waals surface area contributed by atoms with Gasteiger partial charge in [0.2, 0.25) is 5.88 Å². The molecule has 4 rings (SSSR count). The Balaban J connectivity index is 1.27. The number of rotatable bonds is 5. The van der Waals surface area contributed by atoms with Gasteiger partial charge in [-0.3, -0.25) is 10.2 Å². The predicted octanol–water partition coefficient (Wildman–Crippen LogP) is 3.68. The molecule has 1 fully saturated rings. The number of anilines is 1. The van der Waals surface area contributed by atoms with E-state index in [1.54, 1.807) is 11.1 Å². The fourth-order valence-electron chi connectivity index (χ4n) is 3.04. The van der Waals surface area contributed by atoms with E-state index >= 15 is 0 Å². The van der Waals surface area contributed by atoms with Crippen molar-refractivity contribution in [1.29, 1.82) is 0 Å². The Morgan fingerprint density at radius 1 is 1.20 bits per heavy atom. The van der Waals surface area contributed by atoms with Gasteiger partial charge in [-0.15, -0.1) is 5.06 Å². The monoisotopic (exact) mass is 468 g/mol. The lowest BCUT2D eigenvalue weighted by Gasteiger charge is -2.33. The maximum atomic E-state index is 12.2. The number of aromatic nitrogens is 3. The summed E-state index contributed by atoms with van der Waals surface area (Å²) in [6.07, 6.45) is 0.790. The van der Waals surface area contributed by atoms with Crippen molar-refractivity contribution in [3.63, 3.8) is 0 Å². The minimum absolute atomic E-state index is 0.357. The van der Waals surface area contributed by atoms with Crippen LogP contribution in [-0.4, -0.2) is 64.3 Å². The lowest BCUT2D eigenvalue weighted by atomic mass is 10.2. The number of amides is 1. The van der Waals surface area contributed by atoms with Crippen LogP contribution in [0.1, 0.15) is 5.56 Å². The van der Waals surface area contributed by atoms with Crippen molar-refractivity contribution in [2.45, 2.75) is 6.54 Å². The molecule has 3 heterocycles. The summed E-state index contributed by atoms with van der Waals surface area (Å²) >= 11 is 13.3. The summed E-state index contributed by atoms with van der Waals surface area (Å²) in [4.78, 5) is 32.9. The number of ether oxygens (including phenoxy) is 1. The van der Waals surface area contributed by atoms with Crippen LogP contribution in [0, 0.1) is 0 Å². The number of benzene rings is 1. The fraction of sp³-hybridized carbons (Fsp3) is 0.333. The molecular weight excluding hydrogens is 451 g/mol. The Hall–Kier alpha value is -2.24. The number of thiazole rings is 1. The van der Waals surface area contributed by atoms with Crippen LogP contribution in [-0.2, 0) is 11.4 Å². The van der Waals surface area contributed by atoms with Gasteiger partial charge < -0.3 is 9.57 Å². The van der Waals surface area contributed by atoms with Gasteiger partial charge in [-0.2, -0.15) is 4.98 Å². The molecule has 3 aromatic rings. The number of hydroxylamine groups is 2. The molecule has 0 saturated carbocycles. The predicted molar refractivity (Wildman–Crippen MR) is 115 cm³/mol. The van der Waals surface area contributed by atoms with E-state index in [0.29, 0.717) is 44.5 Å². The Labute approximate surface area is 186 Å². The van der Waals surface area contributed by atoms with Crippen molar-refractivity contribution >= 4 is 56.1 Å². The van der Waals surface area contributed by atoms with Crippen LogP contribution < -0.4 is 10.1 Å². The number of piperazine rings is 1. The number of carbonyl (C=O) groups excluding carboxylic acids is 1. The first-order valence-electron chi connectivity index (χ1n) is 9.07. The number of methoxy groups -OCH3 is 1. The van der Waals surface area contributed by atoms with E-state index in [1.807, 2.05) is 12.1 Å². The van der Waals surface area contributed by atoms with E-state index in [9.17, 15) is 4.79 Å². The zero-order valence-corrected chi connectivity index (χ0v) is 18.3. The van der Waals surface area contributed by atoms with Crippen molar-refractivity contribution in [1.82, 2.24) is 24.9 Å². The molecule has 0 bridgehead atoms. The van der Waals surface area contributed by atoms with Gasteiger partial charge in [0.05, 0.1) is 17.2 Å². The zero-order chi connectivity index (χ0) is 21.1. The highest BCUT2D eigenvalue weighted by Gasteiger charge is 2.21. The Kier molecular flexibility index (Phi) is 6.49. The first-order chi connectivity index (χ1) is 14.5. The highest BCUT2D eigenvalue weighted by atomic mass is 35.5. The van der Waals surface area contributed by atoms with Crippen LogP contribution in [0.4, 0.5) is 9.93 Å². The summed E-state index contributed by atoms with van der Waals surface area (Å²) in [6, 6.07) is 5.63. The summed E-state index contributed by atoms with van der Waals surface area (Å²) in [7, 11) is 1.50. The number of carbonyl (C=O) groups is 1. The molecule has 0 aliphatic carbocycles. The smallest absolute Gasteiger partial charge is 0.432 e. The zero-order valence-electron chi connectivity index (χ0n) is 16.0. The molecule has 1 amide bonds. The molecule has 0 spiro atoms. The van der Waals surface area contributed by atoms with Crippen LogP contribution >= 0.6 is 34.5 Å². The topological polar surface area (TPSA) is 92.7 Å². The molecule has 1 aliphatic heterocycles. The summed E-state index contributed by atoms with van der Waals surface area (Å²) in [6.45, 7) is 3.44. The fourth-order valence-corrected chi connectivity index (χ4v) is 4.14. The van der Waals surface area contributed by atoms with Crippen molar-refractivity contribution in [2.75, 3.05) is 38.6 Å². The average Bonchev–Trinajstić information content (AvgIpc) is 3.14. The van der Waals surface area contributed by atoms with Crippen LogP contribution in [0.3, 0.4) is 0 Å². The molecular formula is C18H18Cl2N6O3S. The standard InChI is InChI=1S/C18H18Cl2N6O3S/c1-28-15-14-16(22-10-21-15)30-17(23-14)24-18(27)29-26-6-4-25(5-7-26)9-11-2-3-12(19)13(20)8-11/h2-3,8,10H,4-7,9H2,1H3,(H,23,24,27). The SMILES string of the molecule is COc1ncnc2sc(NC(=O)ON3CCN(Cc4ccc(Cl)c(Cl)c4)CC3)nc12. The largest absolute Gasteiger partial charge is 0.479 e. The van der Waals surface area contributed by atoms with Gasteiger partial charge >= 0.3 is 6.09 Å². The third kappa shape index (κ3) is 4.90. The third-order valence-corrected chi connectivity index (χ3v) is 6.12. The molecule has 1 aliphatic rings. The second-order valence-electron chi connectivity index (χ2n) is 6.51. The van der Waals surface area contributed by atoms with E-state index < -0.39 is 6.09 Å². The summed E-state index contributed by atoms with van der Waals surface area (Å²) in [5.41, 5.74) is 1.59. The Morgan fingerprint density at radius 2 is 2.00 bits per heavy atom.